The van der Waals surface area contributed by atoms with Gasteiger partial charge >= 0.3 is 0 Å². The smallest absolute Gasteiger partial charge is 0.255 e. The molecule has 1 N–H and O–H groups in total. The predicted octanol–water partition coefficient (Wildman–Crippen LogP) is 2.96. The summed E-state index contributed by atoms with van der Waals surface area (Å²) in [5.74, 6) is 0.649. The average molecular weight is 333 g/mol. The third-order valence-corrected chi connectivity index (χ3v) is 4.80. The van der Waals surface area contributed by atoms with E-state index >= 15 is 0 Å². The van der Waals surface area contributed by atoms with Crippen molar-refractivity contribution in [2.45, 2.75) is 20.3 Å². The first-order valence-electron chi connectivity index (χ1n) is 8.38. The van der Waals surface area contributed by atoms with Crippen molar-refractivity contribution in [1.29, 1.82) is 0 Å². The summed E-state index contributed by atoms with van der Waals surface area (Å²) >= 11 is 0. The molecular weight excluding hydrogens is 314 g/mol. The number of nitrogens with one attached hydrogen (secondary N) is 1. The van der Waals surface area contributed by atoms with Gasteiger partial charge in [0, 0.05) is 5.39 Å². The van der Waals surface area contributed by atoms with E-state index in [1.165, 1.54) is 11.1 Å². The molecule has 126 valence electrons. The Morgan fingerprint density at radius 1 is 1.16 bits per heavy atom. The molecule has 5 nitrogen and oxygen atoms in total. The number of nitrogens with zero attached hydrogens (tertiary/aromatic N) is 2. The van der Waals surface area contributed by atoms with Gasteiger partial charge in [0.1, 0.15) is 12.4 Å². The lowest BCUT2D eigenvalue weighted by Crippen LogP contribution is -2.24. The van der Waals surface area contributed by atoms with Crippen molar-refractivity contribution < 1.29 is 9.53 Å². The number of amides is 1. The lowest BCUT2D eigenvalue weighted by molar-refractivity contribution is 0.0957. The van der Waals surface area contributed by atoms with Crippen LogP contribution < -0.4 is 10.1 Å². The fourth-order valence-corrected chi connectivity index (χ4v) is 3.28. The van der Waals surface area contributed by atoms with Crippen LogP contribution in [-0.2, 0) is 6.42 Å². The summed E-state index contributed by atoms with van der Waals surface area (Å²) in [7, 11) is 0. The lowest BCUT2D eigenvalue weighted by atomic mass is 9.93. The molecular formula is C20H19N3O2. The van der Waals surface area contributed by atoms with Gasteiger partial charge in [0.2, 0.25) is 0 Å². The largest absolute Gasteiger partial charge is 0.491 e. The number of fused-ring (bicyclic) bond motifs is 2. The molecule has 4 rings (SSSR count). The third kappa shape index (κ3) is 2.82. The second-order valence-corrected chi connectivity index (χ2v) is 6.37. The minimum absolute atomic E-state index is 0.0642. The number of aromatic nitrogens is 2. The van der Waals surface area contributed by atoms with Gasteiger partial charge < -0.3 is 10.1 Å². The molecule has 25 heavy (non-hydrogen) atoms. The van der Waals surface area contributed by atoms with Crippen LogP contribution in [0.15, 0.2) is 36.5 Å². The van der Waals surface area contributed by atoms with Crippen molar-refractivity contribution in [2.24, 2.45) is 0 Å². The Morgan fingerprint density at radius 2 is 2.04 bits per heavy atom. The fraction of sp³-hybridized carbons (Fsp3) is 0.250. The summed E-state index contributed by atoms with van der Waals surface area (Å²) in [6.07, 6.45) is 2.46. The molecule has 5 heteroatoms. The van der Waals surface area contributed by atoms with E-state index in [4.69, 9.17) is 4.74 Å². The van der Waals surface area contributed by atoms with E-state index < -0.39 is 0 Å². The van der Waals surface area contributed by atoms with Crippen molar-refractivity contribution >= 4 is 16.8 Å². The van der Waals surface area contributed by atoms with Crippen LogP contribution in [0.2, 0.25) is 0 Å². The van der Waals surface area contributed by atoms with E-state index in [1.54, 1.807) is 6.20 Å². The van der Waals surface area contributed by atoms with Crippen LogP contribution in [0.3, 0.4) is 0 Å². The molecule has 0 bridgehead atoms. The van der Waals surface area contributed by atoms with Crippen LogP contribution in [0.1, 0.15) is 32.6 Å². The first-order chi connectivity index (χ1) is 12.1. The maximum Gasteiger partial charge on any atom is 0.255 e. The van der Waals surface area contributed by atoms with Gasteiger partial charge in [-0.3, -0.25) is 4.79 Å². The number of benzene rings is 2. The summed E-state index contributed by atoms with van der Waals surface area (Å²) in [6.45, 7) is 5.15. The summed E-state index contributed by atoms with van der Waals surface area (Å²) < 4.78 is 5.79. The summed E-state index contributed by atoms with van der Waals surface area (Å²) in [5.41, 5.74) is 6.03. The molecule has 1 aromatic heterocycles. The molecule has 2 aromatic carbocycles. The van der Waals surface area contributed by atoms with Crippen LogP contribution in [0.5, 0.6) is 5.75 Å². The Labute approximate surface area is 146 Å². The highest BCUT2D eigenvalue weighted by molar-refractivity contribution is 5.98. The normalized spacial score (nSPS) is 13.8. The average Bonchev–Trinajstić information content (AvgIpc) is 2.81. The van der Waals surface area contributed by atoms with E-state index in [2.05, 4.69) is 34.6 Å². The highest BCUT2D eigenvalue weighted by atomic mass is 16.5. The maximum atomic E-state index is 12.3. The van der Waals surface area contributed by atoms with E-state index in [0.717, 1.165) is 28.5 Å². The molecule has 2 heterocycles. The molecule has 0 radical (unpaired) electrons. The van der Waals surface area contributed by atoms with Gasteiger partial charge in [-0.15, -0.1) is 0 Å². The number of hydrogen-bond donors (Lipinski definition) is 1. The van der Waals surface area contributed by atoms with Crippen molar-refractivity contribution in [3.05, 3.63) is 64.3 Å². The summed E-state index contributed by atoms with van der Waals surface area (Å²) in [5, 5.41) is 12.0. The molecule has 0 saturated heterocycles. The van der Waals surface area contributed by atoms with Crippen LogP contribution in [0.4, 0.5) is 0 Å². The van der Waals surface area contributed by atoms with E-state index in [-0.39, 0.29) is 5.91 Å². The van der Waals surface area contributed by atoms with Crippen molar-refractivity contribution in [2.75, 3.05) is 13.2 Å². The van der Waals surface area contributed by atoms with Crippen LogP contribution in [-0.4, -0.2) is 29.3 Å². The van der Waals surface area contributed by atoms with Gasteiger partial charge in [0.25, 0.3) is 5.91 Å². The highest BCUT2D eigenvalue weighted by Gasteiger charge is 2.21. The molecule has 0 aliphatic carbocycles. The molecule has 0 spiro atoms. The zero-order valence-electron chi connectivity index (χ0n) is 14.3. The van der Waals surface area contributed by atoms with Crippen molar-refractivity contribution in [3.63, 3.8) is 0 Å². The molecule has 0 saturated carbocycles. The molecule has 0 fully saturated rings. The SMILES string of the molecule is Cc1c(Cc2ccc3nnccc3c2)cc2c(c1C)OCCNC2=O. The van der Waals surface area contributed by atoms with Gasteiger partial charge in [0.15, 0.2) is 0 Å². The maximum absolute atomic E-state index is 12.3. The molecule has 0 unspecified atom stereocenters. The zero-order valence-corrected chi connectivity index (χ0v) is 14.3. The predicted molar refractivity (Wildman–Crippen MR) is 96.1 cm³/mol. The third-order valence-electron chi connectivity index (χ3n) is 4.80. The van der Waals surface area contributed by atoms with Gasteiger partial charge in [-0.1, -0.05) is 6.07 Å². The van der Waals surface area contributed by atoms with Gasteiger partial charge in [0.05, 0.1) is 23.8 Å². The topological polar surface area (TPSA) is 64.1 Å². The fourth-order valence-electron chi connectivity index (χ4n) is 3.28. The Hall–Kier alpha value is -2.95. The number of carbonyl (C=O) groups excluding carboxylic acids is 1. The molecule has 1 amide bonds. The minimum atomic E-state index is -0.0642. The summed E-state index contributed by atoms with van der Waals surface area (Å²) in [4.78, 5) is 12.3. The molecule has 1 aliphatic rings. The quantitative estimate of drug-likeness (QED) is 0.783. The Morgan fingerprint density at radius 3 is 2.92 bits per heavy atom. The standard InChI is InChI=1S/C20H19N3O2/c1-12-13(2)19-17(20(24)21-7-8-25-19)11-16(12)10-14-3-4-18-15(9-14)5-6-22-23-18/h3-6,9,11H,7-8,10H2,1-2H3,(H,21,24). The van der Waals surface area contributed by atoms with Crippen LogP contribution in [0, 0.1) is 13.8 Å². The Kier molecular flexibility index (Phi) is 3.84. The minimum Gasteiger partial charge on any atom is -0.491 e. The van der Waals surface area contributed by atoms with Crippen molar-refractivity contribution in [1.82, 2.24) is 15.5 Å². The monoisotopic (exact) mass is 333 g/mol. The molecule has 3 aromatic rings. The lowest BCUT2D eigenvalue weighted by Gasteiger charge is -2.16. The van der Waals surface area contributed by atoms with Crippen LogP contribution >= 0.6 is 0 Å². The Bertz CT molecular complexity index is 982. The van der Waals surface area contributed by atoms with E-state index in [9.17, 15) is 4.79 Å². The summed E-state index contributed by atoms with van der Waals surface area (Å²) in [6, 6.07) is 10.1. The first-order valence-corrected chi connectivity index (χ1v) is 8.38. The number of hydrogen-bond acceptors (Lipinski definition) is 4. The van der Waals surface area contributed by atoms with Gasteiger partial charge in [-0.2, -0.15) is 10.2 Å². The van der Waals surface area contributed by atoms with Gasteiger partial charge in [-0.25, -0.2) is 0 Å². The zero-order chi connectivity index (χ0) is 17.4. The van der Waals surface area contributed by atoms with Crippen LogP contribution in [0.25, 0.3) is 10.9 Å². The second-order valence-electron chi connectivity index (χ2n) is 6.37. The first kappa shape index (κ1) is 15.6. The van der Waals surface area contributed by atoms with Gasteiger partial charge in [-0.05, 0) is 66.8 Å². The Balaban J connectivity index is 1.77. The molecule has 1 aliphatic heterocycles. The highest BCUT2D eigenvalue weighted by Crippen LogP contribution is 2.31. The van der Waals surface area contributed by atoms with E-state index in [1.807, 2.05) is 25.1 Å². The number of ether oxygens (including phenoxy) is 1. The van der Waals surface area contributed by atoms with E-state index in [0.29, 0.717) is 24.5 Å². The second kappa shape index (κ2) is 6.16. The molecule has 0 atom stereocenters. The number of rotatable bonds is 2. The number of carbonyl (C=O) groups is 1. The van der Waals surface area contributed by atoms with Crippen molar-refractivity contribution in [3.8, 4) is 5.75 Å².